The molecule has 0 spiro atoms. The van der Waals surface area contributed by atoms with Crippen molar-refractivity contribution >= 4 is 28.9 Å². The van der Waals surface area contributed by atoms with E-state index in [9.17, 15) is 9.59 Å². The van der Waals surface area contributed by atoms with Gasteiger partial charge in [-0.15, -0.1) is 0 Å². The van der Waals surface area contributed by atoms with Gasteiger partial charge in [0.25, 0.3) is 0 Å². The zero-order valence-electron chi connectivity index (χ0n) is 13.9. The first-order valence-corrected chi connectivity index (χ1v) is 8.08. The zero-order chi connectivity index (χ0) is 17.1. The lowest BCUT2D eigenvalue weighted by atomic mass is 10.1. The number of amides is 2. The molecule has 0 saturated carbocycles. The fourth-order valence-corrected chi connectivity index (χ4v) is 2.91. The van der Waals surface area contributed by atoms with E-state index in [2.05, 4.69) is 10.6 Å². The average Bonchev–Trinajstić information content (AvgIpc) is 2.99. The Bertz CT molecular complexity index is 758. The summed E-state index contributed by atoms with van der Waals surface area (Å²) in [4.78, 5) is 25.6. The molecule has 1 aliphatic rings. The number of carbonyl (C=O) groups excluding carboxylic acids is 2. The maximum atomic E-state index is 12.3. The van der Waals surface area contributed by atoms with Crippen LogP contribution in [0.2, 0.25) is 0 Å². The van der Waals surface area contributed by atoms with Crippen LogP contribution in [0.4, 0.5) is 17.1 Å². The lowest BCUT2D eigenvalue weighted by molar-refractivity contribution is -0.117. The van der Waals surface area contributed by atoms with Crippen LogP contribution in [0.1, 0.15) is 19.4 Å². The van der Waals surface area contributed by atoms with Gasteiger partial charge in [-0.25, -0.2) is 0 Å². The van der Waals surface area contributed by atoms with Gasteiger partial charge in [0.1, 0.15) is 6.04 Å². The minimum absolute atomic E-state index is 0.0602. The second-order valence-electron chi connectivity index (χ2n) is 5.99. The molecule has 5 nitrogen and oxygen atoms in total. The zero-order valence-corrected chi connectivity index (χ0v) is 13.9. The third-order valence-electron chi connectivity index (χ3n) is 4.17. The Hall–Kier alpha value is -2.82. The van der Waals surface area contributed by atoms with Gasteiger partial charge in [-0.05, 0) is 49.2 Å². The molecule has 3 rings (SSSR count). The number of benzene rings is 2. The summed E-state index contributed by atoms with van der Waals surface area (Å²) in [7, 11) is 0. The van der Waals surface area contributed by atoms with Crippen molar-refractivity contribution in [3.63, 3.8) is 0 Å². The molecule has 1 heterocycles. The highest BCUT2D eigenvalue weighted by Gasteiger charge is 2.22. The van der Waals surface area contributed by atoms with Gasteiger partial charge in [-0.1, -0.05) is 18.2 Å². The summed E-state index contributed by atoms with van der Waals surface area (Å²) in [5.74, 6) is -0.0304. The predicted molar refractivity (Wildman–Crippen MR) is 96.3 cm³/mol. The van der Waals surface area contributed by atoms with Crippen molar-refractivity contribution in [3.05, 3.63) is 54.1 Å². The molecule has 0 radical (unpaired) electrons. The number of rotatable bonds is 4. The molecule has 2 N–H and O–H groups in total. The van der Waals surface area contributed by atoms with Crippen LogP contribution < -0.4 is 15.5 Å². The Morgan fingerprint density at radius 3 is 2.54 bits per heavy atom. The van der Waals surface area contributed by atoms with Crippen LogP contribution in [-0.2, 0) is 16.0 Å². The van der Waals surface area contributed by atoms with E-state index in [0.717, 1.165) is 35.6 Å². The minimum Gasteiger partial charge on any atom is -0.374 e. The van der Waals surface area contributed by atoms with Crippen molar-refractivity contribution in [2.75, 3.05) is 22.1 Å². The van der Waals surface area contributed by atoms with Crippen molar-refractivity contribution in [2.45, 2.75) is 26.3 Å². The summed E-state index contributed by atoms with van der Waals surface area (Å²) in [5.41, 5.74) is 3.76. The number of anilines is 3. The number of para-hydroxylation sites is 1. The molecule has 2 amide bonds. The Kier molecular flexibility index (Phi) is 4.51. The maximum absolute atomic E-state index is 12.3. The van der Waals surface area contributed by atoms with Crippen molar-refractivity contribution in [3.8, 4) is 0 Å². The van der Waals surface area contributed by atoms with E-state index in [1.807, 2.05) is 55.5 Å². The van der Waals surface area contributed by atoms with E-state index in [0.29, 0.717) is 0 Å². The fourth-order valence-electron chi connectivity index (χ4n) is 2.91. The number of hydrogen-bond donors (Lipinski definition) is 2. The summed E-state index contributed by atoms with van der Waals surface area (Å²) in [6.45, 7) is 4.13. The van der Waals surface area contributed by atoms with Gasteiger partial charge in [-0.3, -0.25) is 9.59 Å². The quantitative estimate of drug-likeness (QED) is 0.909. The van der Waals surface area contributed by atoms with E-state index in [4.69, 9.17) is 0 Å². The van der Waals surface area contributed by atoms with Gasteiger partial charge in [0.05, 0.1) is 0 Å². The second kappa shape index (κ2) is 6.74. The number of nitrogens with zero attached hydrogens (tertiary/aromatic N) is 1. The molecule has 5 heteroatoms. The molecular weight excluding hydrogens is 302 g/mol. The number of nitrogens with one attached hydrogen (secondary N) is 2. The summed E-state index contributed by atoms with van der Waals surface area (Å²) in [6, 6.07) is 14.9. The highest BCUT2D eigenvalue weighted by atomic mass is 16.2. The molecule has 0 saturated heterocycles. The molecule has 1 atom stereocenters. The summed E-state index contributed by atoms with van der Waals surface area (Å²) in [6.07, 6.45) is 0.842. The normalized spacial score (nSPS) is 14.0. The Morgan fingerprint density at radius 1 is 1.08 bits per heavy atom. The average molecular weight is 323 g/mol. The Labute approximate surface area is 141 Å². The Balaban J connectivity index is 1.66. The second-order valence-corrected chi connectivity index (χ2v) is 5.99. The van der Waals surface area contributed by atoms with Crippen LogP contribution in [0.3, 0.4) is 0 Å². The fraction of sp³-hybridized carbons (Fsp3) is 0.263. The molecule has 24 heavy (non-hydrogen) atoms. The third-order valence-corrected chi connectivity index (χ3v) is 4.17. The molecule has 0 bridgehead atoms. The third kappa shape index (κ3) is 3.40. The molecule has 2 aromatic carbocycles. The number of fused-ring (bicyclic) bond motifs is 1. The first kappa shape index (κ1) is 16.1. The number of hydrogen-bond acceptors (Lipinski definition) is 3. The van der Waals surface area contributed by atoms with E-state index in [-0.39, 0.29) is 17.9 Å². The Morgan fingerprint density at radius 2 is 1.83 bits per heavy atom. The van der Waals surface area contributed by atoms with E-state index in [1.165, 1.54) is 0 Å². The molecular formula is C19H21N3O2. The van der Waals surface area contributed by atoms with Crippen molar-refractivity contribution in [2.24, 2.45) is 0 Å². The highest BCUT2D eigenvalue weighted by molar-refractivity contribution is 5.97. The number of carbonyl (C=O) groups is 2. The van der Waals surface area contributed by atoms with Gasteiger partial charge in [0.2, 0.25) is 11.8 Å². The first-order valence-electron chi connectivity index (χ1n) is 8.08. The molecule has 0 aromatic heterocycles. The molecule has 0 fully saturated rings. The van der Waals surface area contributed by atoms with E-state index >= 15 is 0 Å². The molecule has 2 aromatic rings. The maximum Gasteiger partial charge on any atom is 0.246 e. The van der Waals surface area contributed by atoms with Gasteiger partial charge in [-0.2, -0.15) is 0 Å². The molecule has 0 aliphatic carbocycles. The van der Waals surface area contributed by atoms with Crippen LogP contribution >= 0.6 is 0 Å². The standard InChI is InChI=1S/C19H21N3O2/c1-13(19(24)21-16-6-4-3-5-7-16)20-17-8-9-18-15(12-17)10-11-22(18)14(2)23/h3-9,12-13,20H,10-11H2,1-2H3,(H,21,24)/t13-/m0/s1. The van der Waals surface area contributed by atoms with Crippen LogP contribution in [0, 0.1) is 0 Å². The minimum atomic E-state index is -0.367. The van der Waals surface area contributed by atoms with Crippen LogP contribution in [0.5, 0.6) is 0 Å². The first-order chi connectivity index (χ1) is 11.5. The summed E-state index contributed by atoms with van der Waals surface area (Å²) in [5, 5.41) is 6.10. The van der Waals surface area contributed by atoms with Crippen LogP contribution in [-0.4, -0.2) is 24.4 Å². The van der Waals surface area contributed by atoms with Crippen molar-refractivity contribution < 1.29 is 9.59 Å². The van der Waals surface area contributed by atoms with Gasteiger partial charge < -0.3 is 15.5 Å². The predicted octanol–water partition coefficient (Wildman–Crippen LogP) is 3.03. The summed E-state index contributed by atoms with van der Waals surface area (Å²) >= 11 is 0. The molecule has 1 aliphatic heterocycles. The largest absolute Gasteiger partial charge is 0.374 e. The topological polar surface area (TPSA) is 61.4 Å². The van der Waals surface area contributed by atoms with Gasteiger partial charge in [0.15, 0.2) is 0 Å². The van der Waals surface area contributed by atoms with E-state index < -0.39 is 0 Å². The lowest BCUT2D eigenvalue weighted by Gasteiger charge is -2.17. The summed E-state index contributed by atoms with van der Waals surface area (Å²) < 4.78 is 0. The van der Waals surface area contributed by atoms with E-state index in [1.54, 1.807) is 11.8 Å². The van der Waals surface area contributed by atoms with Crippen molar-refractivity contribution in [1.82, 2.24) is 0 Å². The van der Waals surface area contributed by atoms with Gasteiger partial charge in [0, 0.05) is 30.5 Å². The van der Waals surface area contributed by atoms with Crippen molar-refractivity contribution in [1.29, 1.82) is 0 Å². The molecule has 124 valence electrons. The van der Waals surface area contributed by atoms with Crippen LogP contribution in [0.15, 0.2) is 48.5 Å². The lowest BCUT2D eigenvalue weighted by Crippen LogP contribution is -2.31. The smallest absolute Gasteiger partial charge is 0.246 e. The van der Waals surface area contributed by atoms with Crippen LogP contribution in [0.25, 0.3) is 0 Å². The SMILES string of the molecule is CC(=O)N1CCc2cc(N[C@@H](C)C(=O)Nc3ccccc3)ccc21. The highest BCUT2D eigenvalue weighted by Crippen LogP contribution is 2.30. The molecule has 0 unspecified atom stereocenters. The van der Waals surface area contributed by atoms with Gasteiger partial charge >= 0.3 is 0 Å². The monoisotopic (exact) mass is 323 g/mol.